The molecule has 0 radical (unpaired) electrons. The van der Waals surface area contributed by atoms with Crippen molar-refractivity contribution in [3.63, 3.8) is 0 Å². The van der Waals surface area contributed by atoms with Crippen LogP contribution in [0.5, 0.6) is 0 Å². The quantitative estimate of drug-likeness (QED) is 0.707. The van der Waals surface area contributed by atoms with Gasteiger partial charge in [0, 0.05) is 25.0 Å². The summed E-state index contributed by atoms with van der Waals surface area (Å²) >= 11 is 0. The Morgan fingerprint density at radius 2 is 2.00 bits per heavy atom. The monoisotopic (exact) mass is 271 g/mol. The lowest BCUT2D eigenvalue weighted by Crippen LogP contribution is -2.45. The minimum atomic E-state index is -0.833. The molecule has 0 spiro atoms. The summed E-state index contributed by atoms with van der Waals surface area (Å²) in [7, 11) is 0. The lowest BCUT2D eigenvalue weighted by atomic mass is 9.79. The molecule has 1 amide bonds. The summed E-state index contributed by atoms with van der Waals surface area (Å²) in [5.41, 5.74) is -0.460. The number of hydrogen-bond donors (Lipinski definition) is 2. The van der Waals surface area contributed by atoms with Crippen molar-refractivity contribution < 1.29 is 19.4 Å². The van der Waals surface area contributed by atoms with E-state index < -0.39 is 11.5 Å². The van der Waals surface area contributed by atoms with Gasteiger partial charge in [0.25, 0.3) is 0 Å². The molecule has 0 heterocycles. The summed E-state index contributed by atoms with van der Waals surface area (Å²) in [6, 6.07) is 0. The Bertz CT molecular complexity index is 321. The number of carboxylic acids is 1. The van der Waals surface area contributed by atoms with Crippen LogP contribution >= 0.6 is 0 Å². The van der Waals surface area contributed by atoms with Crippen molar-refractivity contribution in [2.24, 2.45) is 5.92 Å². The highest BCUT2D eigenvalue weighted by Crippen LogP contribution is 2.32. The van der Waals surface area contributed by atoms with Gasteiger partial charge in [-0.25, -0.2) is 0 Å². The highest BCUT2D eigenvalue weighted by atomic mass is 16.5. The molecule has 0 aromatic carbocycles. The fourth-order valence-electron chi connectivity index (χ4n) is 2.39. The van der Waals surface area contributed by atoms with Gasteiger partial charge in [-0.05, 0) is 46.0 Å². The zero-order valence-electron chi connectivity index (χ0n) is 12.1. The second kappa shape index (κ2) is 6.89. The topological polar surface area (TPSA) is 75.6 Å². The number of rotatable bonds is 8. The van der Waals surface area contributed by atoms with Gasteiger partial charge in [-0.2, -0.15) is 0 Å². The van der Waals surface area contributed by atoms with Crippen molar-refractivity contribution in [2.45, 2.75) is 64.5 Å². The van der Waals surface area contributed by atoms with E-state index in [0.717, 1.165) is 19.4 Å². The molecule has 0 bridgehead atoms. The van der Waals surface area contributed by atoms with E-state index in [1.54, 1.807) is 0 Å². The Morgan fingerprint density at radius 3 is 2.53 bits per heavy atom. The maximum Gasteiger partial charge on any atom is 0.303 e. The van der Waals surface area contributed by atoms with Gasteiger partial charge in [0.05, 0.1) is 6.10 Å². The van der Waals surface area contributed by atoms with Gasteiger partial charge < -0.3 is 15.2 Å². The predicted octanol–water partition coefficient (Wildman–Crippen LogP) is 1.95. The molecule has 0 aliphatic heterocycles. The summed E-state index contributed by atoms with van der Waals surface area (Å²) < 4.78 is 5.46. The molecular weight excluding hydrogens is 246 g/mol. The first kappa shape index (κ1) is 16.0. The number of aliphatic carboxylic acids is 1. The summed E-state index contributed by atoms with van der Waals surface area (Å²) in [5, 5.41) is 11.6. The van der Waals surface area contributed by atoms with Gasteiger partial charge in [0.1, 0.15) is 0 Å². The number of ether oxygens (including phenoxy) is 1. The van der Waals surface area contributed by atoms with Gasteiger partial charge >= 0.3 is 5.97 Å². The largest absolute Gasteiger partial charge is 0.481 e. The van der Waals surface area contributed by atoms with Crippen LogP contribution in [-0.4, -0.2) is 35.2 Å². The molecule has 5 nitrogen and oxygen atoms in total. The fraction of sp³-hybridized carbons (Fsp3) is 0.857. The molecule has 19 heavy (non-hydrogen) atoms. The van der Waals surface area contributed by atoms with E-state index in [1.807, 2.05) is 20.8 Å². The summed E-state index contributed by atoms with van der Waals surface area (Å²) in [6.07, 6.45) is 3.26. The van der Waals surface area contributed by atoms with Crippen LogP contribution in [0.2, 0.25) is 0 Å². The third-order valence-electron chi connectivity index (χ3n) is 3.51. The number of hydrogen-bond acceptors (Lipinski definition) is 3. The molecule has 0 aromatic rings. The summed E-state index contributed by atoms with van der Waals surface area (Å²) in [5.74, 6) is -0.414. The van der Waals surface area contributed by atoms with Crippen LogP contribution in [0.25, 0.3) is 0 Å². The minimum Gasteiger partial charge on any atom is -0.481 e. The third kappa shape index (κ3) is 6.05. The van der Waals surface area contributed by atoms with E-state index >= 15 is 0 Å². The molecule has 1 aliphatic carbocycles. The van der Waals surface area contributed by atoms with Crippen molar-refractivity contribution in [2.75, 3.05) is 6.61 Å². The molecule has 1 saturated carbocycles. The molecule has 2 N–H and O–H groups in total. The molecule has 110 valence electrons. The van der Waals surface area contributed by atoms with E-state index in [2.05, 4.69) is 5.32 Å². The van der Waals surface area contributed by atoms with Crippen molar-refractivity contribution in [1.82, 2.24) is 5.32 Å². The number of carbonyl (C=O) groups is 2. The molecule has 0 saturated heterocycles. The number of carbonyl (C=O) groups excluding carboxylic acids is 1. The number of amides is 1. The molecule has 1 rings (SSSR count). The van der Waals surface area contributed by atoms with Gasteiger partial charge in [-0.15, -0.1) is 0 Å². The average Bonchev–Trinajstić information content (AvgIpc) is 2.23. The van der Waals surface area contributed by atoms with E-state index in [0.29, 0.717) is 24.9 Å². The molecule has 5 heteroatoms. The Hall–Kier alpha value is -1.10. The molecular formula is C14H25NO4. The van der Waals surface area contributed by atoms with Crippen LogP contribution in [0.15, 0.2) is 0 Å². The van der Waals surface area contributed by atoms with E-state index in [-0.39, 0.29) is 12.3 Å². The highest BCUT2D eigenvalue weighted by molar-refractivity contribution is 5.77. The van der Waals surface area contributed by atoms with Crippen LogP contribution in [0, 0.1) is 5.92 Å². The first-order valence-electron chi connectivity index (χ1n) is 6.97. The first-order valence-corrected chi connectivity index (χ1v) is 6.97. The second-order valence-electron chi connectivity index (χ2n) is 5.94. The van der Waals surface area contributed by atoms with Crippen LogP contribution in [-0.2, 0) is 14.3 Å². The Balaban J connectivity index is 2.22. The van der Waals surface area contributed by atoms with Gasteiger partial charge in [0.2, 0.25) is 5.91 Å². The summed E-state index contributed by atoms with van der Waals surface area (Å²) in [6.45, 7) is 6.42. The van der Waals surface area contributed by atoms with Gasteiger partial charge in [-0.1, -0.05) is 0 Å². The highest BCUT2D eigenvalue weighted by Gasteiger charge is 2.32. The second-order valence-corrected chi connectivity index (χ2v) is 5.94. The average molecular weight is 271 g/mol. The first-order chi connectivity index (χ1) is 8.82. The van der Waals surface area contributed by atoms with Crippen LogP contribution in [0.4, 0.5) is 0 Å². The van der Waals surface area contributed by atoms with Crippen molar-refractivity contribution in [3.05, 3.63) is 0 Å². The maximum absolute atomic E-state index is 11.9. The SMILES string of the molecule is CCOC1CC(CC(=O)NC(C)(C)CCC(=O)O)C1. The lowest BCUT2D eigenvalue weighted by molar-refractivity contribution is -0.138. The normalized spacial score (nSPS) is 22.7. The number of carboxylic acid groups (broad SMARTS) is 1. The van der Waals surface area contributed by atoms with Gasteiger partial charge in [-0.3, -0.25) is 9.59 Å². The van der Waals surface area contributed by atoms with Crippen LogP contribution < -0.4 is 5.32 Å². The van der Waals surface area contributed by atoms with Crippen molar-refractivity contribution in [1.29, 1.82) is 0 Å². The number of nitrogens with one attached hydrogen (secondary N) is 1. The van der Waals surface area contributed by atoms with Crippen molar-refractivity contribution in [3.8, 4) is 0 Å². The zero-order valence-corrected chi connectivity index (χ0v) is 12.1. The maximum atomic E-state index is 11.9. The molecule has 0 aromatic heterocycles. The van der Waals surface area contributed by atoms with E-state index in [4.69, 9.17) is 9.84 Å². The lowest BCUT2D eigenvalue weighted by Gasteiger charge is -2.35. The van der Waals surface area contributed by atoms with Gasteiger partial charge in [0.15, 0.2) is 0 Å². The van der Waals surface area contributed by atoms with E-state index in [9.17, 15) is 9.59 Å². The summed E-state index contributed by atoms with van der Waals surface area (Å²) in [4.78, 5) is 22.4. The molecule has 1 fully saturated rings. The van der Waals surface area contributed by atoms with Crippen molar-refractivity contribution >= 4 is 11.9 Å². The van der Waals surface area contributed by atoms with Crippen LogP contribution in [0.3, 0.4) is 0 Å². The fourth-order valence-corrected chi connectivity index (χ4v) is 2.39. The van der Waals surface area contributed by atoms with E-state index in [1.165, 1.54) is 0 Å². The predicted molar refractivity (Wildman–Crippen MR) is 71.8 cm³/mol. The molecule has 1 aliphatic rings. The minimum absolute atomic E-state index is 0.00957. The Labute approximate surface area is 114 Å². The Morgan fingerprint density at radius 1 is 1.37 bits per heavy atom. The van der Waals surface area contributed by atoms with Crippen LogP contribution in [0.1, 0.15) is 52.9 Å². The third-order valence-corrected chi connectivity index (χ3v) is 3.51. The smallest absolute Gasteiger partial charge is 0.303 e. The zero-order chi connectivity index (χ0) is 14.5. The standard InChI is InChI=1S/C14H25NO4/c1-4-19-11-7-10(8-11)9-12(16)15-14(2,3)6-5-13(17)18/h10-11H,4-9H2,1-3H3,(H,15,16)(H,17,18). The Kier molecular flexibility index (Phi) is 5.79. The molecule has 0 unspecified atom stereocenters. The molecule has 0 atom stereocenters.